The number of furan rings is 1. The molecule has 3 aromatic carbocycles. The van der Waals surface area contributed by atoms with Gasteiger partial charge in [-0.15, -0.1) is 0 Å². The predicted octanol–water partition coefficient (Wildman–Crippen LogP) is 8.04. The molecule has 5 rings (SSSR count). The van der Waals surface area contributed by atoms with Crippen molar-refractivity contribution in [2.45, 2.75) is 27.2 Å². The van der Waals surface area contributed by atoms with Gasteiger partial charge >= 0.3 is 0 Å². The summed E-state index contributed by atoms with van der Waals surface area (Å²) in [6.45, 7) is 6.73. The van der Waals surface area contributed by atoms with E-state index in [1.165, 1.54) is 17.7 Å². The second-order valence-electron chi connectivity index (χ2n) is 9.29. The molecule has 0 fully saturated rings. The van der Waals surface area contributed by atoms with Crippen molar-refractivity contribution in [3.05, 3.63) is 90.4 Å². The van der Waals surface area contributed by atoms with Crippen LogP contribution in [0.1, 0.15) is 26.3 Å². The number of fused-ring (bicyclic) bond motifs is 3. The molecule has 0 N–H and O–H groups in total. The fourth-order valence-electron chi connectivity index (χ4n) is 4.17. The van der Waals surface area contributed by atoms with E-state index in [9.17, 15) is 4.39 Å². The zero-order valence-corrected chi connectivity index (χ0v) is 17.9. The minimum atomic E-state index is -0.237. The van der Waals surface area contributed by atoms with Crippen LogP contribution in [0.4, 0.5) is 4.39 Å². The third kappa shape index (κ3) is 3.84. The fourth-order valence-corrected chi connectivity index (χ4v) is 4.17. The van der Waals surface area contributed by atoms with Gasteiger partial charge in [-0.25, -0.2) is 4.39 Å². The molecule has 0 unspecified atom stereocenters. The van der Waals surface area contributed by atoms with Crippen LogP contribution in [0.3, 0.4) is 0 Å². The monoisotopic (exact) mass is 409 g/mol. The maximum atomic E-state index is 13.3. The topological polar surface area (TPSA) is 26.0 Å². The van der Waals surface area contributed by atoms with E-state index in [0.717, 1.165) is 50.7 Å². The van der Waals surface area contributed by atoms with Gasteiger partial charge in [0.05, 0.1) is 5.69 Å². The lowest BCUT2D eigenvalue weighted by Crippen LogP contribution is -2.09. The molecule has 0 bridgehead atoms. The first-order chi connectivity index (χ1) is 14.9. The summed E-state index contributed by atoms with van der Waals surface area (Å²) in [4.78, 5) is 4.64. The van der Waals surface area contributed by atoms with E-state index in [1.54, 1.807) is 12.1 Å². The first-order valence-electron chi connectivity index (χ1n) is 10.5. The van der Waals surface area contributed by atoms with Gasteiger partial charge in [-0.2, -0.15) is 0 Å². The van der Waals surface area contributed by atoms with Crippen molar-refractivity contribution in [1.82, 2.24) is 4.98 Å². The maximum absolute atomic E-state index is 13.3. The number of hydrogen-bond donors (Lipinski definition) is 0. The molecule has 31 heavy (non-hydrogen) atoms. The van der Waals surface area contributed by atoms with Gasteiger partial charge < -0.3 is 4.42 Å². The number of pyridine rings is 1. The Balaban J connectivity index is 1.63. The predicted molar refractivity (Wildman–Crippen MR) is 126 cm³/mol. The van der Waals surface area contributed by atoms with Gasteiger partial charge in [0.25, 0.3) is 0 Å². The summed E-state index contributed by atoms with van der Waals surface area (Å²) in [5, 5.41) is 2.13. The second-order valence-corrected chi connectivity index (χ2v) is 9.29. The summed E-state index contributed by atoms with van der Waals surface area (Å²) in [6, 6.07) is 23.1. The summed E-state index contributed by atoms with van der Waals surface area (Å²) in [5.41, 5.74) is 7.01. The standard InChI is InChI=1S/C28H24FNO/c1-28(2,3)17-18-13-14-30-25(15-18)24-6-4-5-23-22-12-9-20(16-26(22)31-27(23)24)19-7-10-21(29)11-8-19/h4-16H,17H2,1-3H3. The van der Waals surface area contributed by atoms with E-state index < -0.39 is 0 Å². The van der Waals surface area contributed by atoms with Crippen LogP contribution in [-0.2, 0) is 6.42 Å². The maximum Gasteiger partial charge on any atom is 0.144 e. The fraction of sp³-hybridized carbons (Fsp3) is 0.179. The van der Waals surface area contributed by atoms with Crippen LogP contribution >= 0.6 is 0 Å². The molecule has 2 heterocycles. The van der Waals surface area contributed by atoms with Crippen LogP contribution in [-0.4, -0.2) is 4.98 Å². The molecule has 0 spiro atoms. The zero-order valence-electron chi connectivity index (χ0n) is 17.9. The van der Waals surface area contributed by atoms with Gasteiger partial charge in [0.2, 0.25) is 0 Å². The Morgan fingerprint density at radius 2 is 1.61 bits per heavy atom. The zero-order chi connectivity index (χ0) is 21.6. The van der Waals surface area contributed by atoms with E-state index >= 15 is 0 Å². The third-order valence-electron chi connectivity index (χ3n) is 5.51. The van der Waals surface area contributed by atoms with Gasteiger partial charge in [0, 0.05) is 22.5 Å². The number of rotatable bonds is 3. The highest BCUT2D eigenvalue weighted by atomic mass is 19.1. The van der Waals surface area contributed by atoms with Crippen molar-refractivity contribution < 1.29 is 8.81 Å². The molecule has 0 aliphatic heterocycles. The summed E-state index contributed by atoms with van der Waals surface area (Å²) < 4.78 is 19.6. The van der Waals surface area contributed by atoms with Crippen molar-refractivity contribution in [1.29, 1.82) is 0 Å². The summed E-state index contributed by atoms with van der Waals surface area (Å²) in [5.74, 6) is -0.237. The van der Waals surface area contributed by atoms with Crippen LogP contribution in [0.15, 0.2) is 83.4 Å². The van der Waals surface area contributed by atoms with Crippen LogP contribution in [0.25, 0.3) is 44.3 Å². The molecule has 0 radical (unpaired) electrons. The third-order valence-corrected chi connectivity index (χ3v) is 5.51. The average Bonchev–Trinajstić information content (AvgIpc) is 3.11. The van der Waals surface area contributed by atoms with Crippen LogP contribution in [0, 0.1) is 11.2 Å². The normalized spacial score (nSPS) is 12.0. The lowest BCUT2D eigenvalue weighted by molar-refractivity contribution is 0.411. The number of hydrogen-bond acceptors (Lipinski definition) is 2. The molecule has 0 aliphatic rings. The summed E-state index contributed by atoms with van der Waals surface area (Å²) in [7, 11) is 0. The van der Waals surface area contributed by atoms with Crippen LogP contribution in [0.2, 0.25) is 0 Å². The number of benzene rings is 3. The quantitative estimate of drug-likeness (QED) is 0.301. The molecule has 3 heteroatoms. The first kappa shape index (κ1) is 19.5. The smallest absolute Gasteiger partial charge is 0.144 e. The number of aromatic nitrogens is 1. The lowest BCUT2D eigenvalue weighted by Gasteiger charge is -2.18. The molecule has 5 aromatic rings. The van der Waals surface area contributed by atoms with E-state index in [2.05, 4.69) is 68.2 Å². The van der Waals surface area contributed by atoms with Crippen molar-refractivity contribution in [2.24, 2.45) is 5.41 Å². The minimum Gasteiger partial charge on any atom is -0.455 e. The molecule has 2 aromatic heterocycles. The highest BCUT2D eigenvalue weighted by Crippen LogP contribution is 2.37. The Morgan fingerprint density at radius 1 is 0.839 bits per heavy atom. The first-order valence-corrected chi connectivity index (χ1v) is 10.5. The summed E-state index contributed by atoms with van der Waals surface area (Å²) in [6.07, 6.45) is 2.87. The van der Waals surface area contributed by atoms with Crippen molar-refractivity contribution in [3.63, 3.8) is 0 Å². The Kier molecular flexibility index (Phi) is 4.62. The number of halogens is 1. The van der Waals surface area contributed by atoms with E-state index in [-0.39, 0.29) is 11.2 Å². The Hall–Kier alpha value is -3.46. The molecule has 0 saturated heterocycles. The summed E-state index contributed by atoms with van der Waals surface area (Å²) >= 11 is 0. The van der Waals surface area contributed by atoms with Crippen molar-refractivity contribution >= 4 is 21.9 Å². The van der Waals surface area contributed by atoms with Gasteiger partial charge in [0.15, 0.2) is 0 Å². The molecule has 0 saturated carbocycles. The van der Waals surface area contributed by atoms with Crippen LogP contribution in [0.5, 0.6) is 0 Å². The molecule has 0 atom stereocenters. The van der Waals surface area contributed by atoms with Crippen molar-refractivity contribution in [2.75, 3.05) is 0 Å². The van der Waals surface area contributed by atoms with Gasteiger partial charge in [-0.3, -0.25) is 4.98 Å². The lowest BCUT2D eigenvalue weighted by atomic mass is 9.88. The van der Waals surface area contributed by atoms with Gasteiger partial charge in [-0.05, 0) is 71.0 Å². The highest BCUT2D eigenvalue weighted by molar-refractivity contribution is 6.10. The van der Waals surface area contributed by atoms with E-state index in [0.29, 0.717) is 0 Å². The molecule has 154 valence electrons. The second kappa shape index (κ2) is 7.35. The van der Waals surface area contributed by atoms with Crippen LogP contribution < -0.4 is 0 Å². The molecular formula is C28H24FNO. The van der Waals surface area contributed by atoms with Gasteiger partial charge in [0.1, 0.15) is 17.0 Å². The Morgan fingerprint density at radius 3 is 2.39 bits per heavy atom. The average molecular weight is 410 g/mol. The molecule has 0 amide bonds. The van der Waals surface area contributed by atoms with Crippen molar-refractivity contribution in [3.8, 4) is 22.4 Å². The van der Waals surface area contributed by atoms with Gasteiger partial charge in [-0.1, -0.05) is 51.1 Å². The van der Waals surface area contributed by atoms with E-state index in [4.69, 9.17) is 4.42 Å². The number of para-hydroxylation sites is 1. The Labute approximate surface area is 181 Å². The SMILES string of the molecule is CC(C)(C)Cc1ccnc(-c2cccc3c2oc2cc(-c4ccc(F)cc4)ccc23)c1. The number of nitrogens with zero attached hydrogens (tertiary/aromatic N) is 1. The molecular weight excluding hydrogens is 385 g/mol. The highest BCUT2D eigenvalue weighted by Gasteiger charge is 2.16. The Bertz CT molecular complexity index is 1390. The molecule has 0 aliphatic carbocycles. The van der Waals surface area contributed by atoms with E-state index in [1.807, 2.05) is 12.3 Å². The minimum absolute atomic E-state index is 0.209. The molecule has 2 nitrogen and oxygen atoms in total. The largest absolute Gasteiger partial charge is 0.455 e.